The average molecular weight is 288 g/mol. The van der Waals surface area contributed by atoms with Crippen molar-refractivity contribution < 1.29 is 0 Å². The molecule has 20 heavy (non-hydrogen) atoms. The fourth-order valence-corrected chi connectivity index (χ4v) is 2.53. The molecule has 3 N–H and O–H groups in total. The molecule has 0 saturated carbocycles. The van der Waals surface area contributed by atoms with Crippen molar-refractivity contribution in [3.05, 3.63) is 42.2 Å². The standard InChI is InChI=1S/C15H20N4S/c1-3-11(2)20-10-15-17-13(9-14(18-15)19-16)12-7-5-4-6-8-12/h4-9,11H,3,10,16H2,1-2H3,(H,17,18,19). The van der Waals surface area contributed by atoms with E-state index in [1.54, 1.807) is 0 Å². The molecule has 106 valence electrons. The van der Waals surface area contributed by atoms with E-state index in [9.17, 15) is 0 Å². The predicted molar refractivity (Wildman–Crippen MR) is 86.3 cm³/mol. The molecule has 5 heteroatoms. The van der Waals surface area contributed by atoms with Crippen molar-refractivity contribution in [3.8, 4) is 11.3 Å². The summed E-state index contributed by atoms with van der Waals surface area (Å²) in [6.45, 7) is 4.40. The molecule has 0 aliphatic rings. The van der Waals surface area contributed by atoms with Crippen LogP contribution in [-0.2, 0) is 5.75 Å². The van der Waals surface area contributed by atoms with Crippen LogP contribution < -0.4 is 11.3 Å². The lowest BCUT2D eigenvalue weighted by Crippen LogP contribution is -2.11. The molecule has 0 amide bonds. The van der Waals surface area contributed by atoms with Gasteiger partial charge in [-0.2, -0.15) is 11.8 Å². The van der Waals surface area contributed by atoms with Crippen molar-refractivity contribution in [2.24, 2.45) is 5.84 Å². The Morgan fingerprint density at radius 1 is 1.25 bits per heavy atom. The number of aromatic nitrogens is 2. The molecule has 0 aliphatic heterocycles. The van der Waals surface area contributed by atoms with Gasteiger partial charge in [0, 0.05) is 16.9 Å². The molecular formula is C15H20N4S. The Kier molecular flexibility index (Phi) is 5.38. The molecular weight excluding hydrogens is 268 g/mol. The smallest absolute Gasteiger partial charge is 0.144 e. The number of benzene rings is 1. The first-order chi connectivity index (χ1) is 9.72. The first-order valence-electron chi connectivity index (χ1n) is 6.74. The Morgan fingerprint density at radius 2 is 2.00 bits per heavy atom. The molecule has 0 radical (unpaired) electrons. The summed E-state index contributed by atoms with van der Waals surface area (Å²) in [6, 6.07) is 11.9. The van der Waals surface area contributed by atoms with E-state index in [2.05, 4.69) is 29.2 Å². The normalized spacial score (nSPS) is 12.2. The van der Waals surface area contributed by atoms with Crippen molar-refractivity contribution in [2.75, 3.05) is 5.43 Å². The number of nitrogen functional groups attached to an aromatic ring is 1. The lowest BCUT2D eigenvalue weighted by atomic mass is 10.1. The van der Waals surface area contributed by atoms with Crippen LogP contribution in [0.1, 0.15) is 26.1 Å². The zero-order valence-corrected chi connectivity index (χ0v) is 12.7. The number of hydrogen-bond acceptors (Lipinski definition) is 5. The summed E-state index contributed by atoms with van der Waals surface area (Å²) in [6.07, 6.45) is 1.14. The Labute approximate surface area is 124 Å². The van der Waals surface area contributed by atoms with Gasteiger partial charge in [0.15, 0.2) is 0 Å². The van der Waals surface area contributed by atoms with Crippen LogP contribution in [0.2, 0.25) is 0 Å². The number of nitrogens with zero attached hydrogens (tertiary/aromatic N) is 2. The van der Waals surface area contributed by atoms with E-state index in [0.717, 1.165) is 29.3 Å². The number of nitrogens with two attached hydrogens (primary N) is 1. The molecule has 1 heterocycles. The summed E-state index contributed by atoms with van der Waals surface area (Å²) < 4.78 is 0. The Hall–Kier alpha value is -1.59. The highest BCUT2D eigenvalue weighted by molar-refractivity contribution is 7.99. The van der Waals surface area contributed by atoms with Gasteiger partial charge in [-0.3, -0.25) is 0 Å². The third kappa shape index (κ3) is 3.95. The molecule has 1 aromatic carbocycles. The van der Waals surface area contributed by atoms with Crippen molar-refractivity contribution in [1.82, 2.24) is 9.97 Å². The van der Waals surface area contributed by atoms with E-state index in [1.807, 2.05) is 48.2 Å². The second-order valence-electron chi connectivity index (χ2n) is 4.59. The summed E-state index contributed by atoms with van der Waals surface area (Å²) >= 11 is 1.86. The highest BCUT2D eigenvalue weighted by Gasteiger charge is 2.08. The van der Waals surface area contributed by atoms with Gasteiger partial charge in [-0.1, -0.05) is 44.2 Å². The maximum atomic E-state index is 5.50. The van der Waals surface area contributed by atoms with E-state index in [0.29, 0.717) is 11.1 Å². The topological polar surface area (TPSA) is 63.8 Å². The molecule has 1 aromatic heterocycles. The Morgan fingerprint density at radius 3 is 2.65 bits per heavy atom. The lowest BCUT2D eigenvalue weighted by Gasteiger charge is -2.10. The number of thioether (sulfide) groups is 1. The third-order valence-corrected chi connectivity index (χ3v) is 4.39. The summed E-state index contributed by atoms with van der Waals surface area (Å²) in [4.78, 5) is 9.05. The number of nitrogens with one attached hydrogen (secondary N) is 1. The number of rotatable bonds is 6. The molecule has 2 rings (SSSR count). The van der Waals surface area contributed by atoms with Gasteiger partial charge in [0.25, 0.3) is 0 Å². The highest BCUT2D eigenvalue weighted by Crippen LogP contribution is 2.23. The van der Waals surface area contributed by atoms with Crippen LogP contribution in [0.25, 0.3) is 11.3 Å². The van der Waals surface area contributed by atoms with E-state index in [-0.39, 0.29) is 0 Å². The third-order valence-electron chi connectivity index (χ3n) is 3.06. The van der Waals surface area contributed by atoms with Crippen molar-refractivity contribution >= 4 is 17.6 Å². The van der Waals surface area contributed by atoms with Crippen molar-refractivity contribution in [2.45, 2.75) is 31.3 Å². The molecule has 0 fully saturated rings. The Balaban J connectivity index is 2.25. The van der Waals surface area contributed by atoms with Crippen molar-refractivity contribution in [3.63, 3.8) is 0 Å². The molecule has 0 aliphatic carbocycles. The van der Waals surface area contributed by atoms with Crippen LogP contribution in [0.5, 0.6) is 0 Å². The number of hydrogen-bond donors (Lipinski definition) is 2. The summed E-state index contributed by atoms with van der Waals surface area (Å²) in [5.41, 5.74) is 4.59. The zero-order chi connectivity index (χ0) is 14.4. The number of anilines is 1. The largest absolute Gasteiger partial charge is 0.308 e. The van der Waals surface area contributed by atoms with E-state index >= 15 is 0 Å². The first-order valence-corrected chi connectivity index (χ1v) is 7.79. The molecule has 4 nitrogen and oxygen atoms in total. The molecule has 0 saturated heterocycles. The van der Waals surface area contributed by atoms with Crippen LogP contribution in [0.3, 0.4) is 0 Å². The maximum absolute atomic E-state index is 5.50. The van der Waals surface area contributed by atoms with Gasteiger partial charge in [0.2, 0.25) is 0 Å². The molecule has 2 aromatic rings. The van der Waals surface area contributed by atoms with Crippen LogP contribution in [-0.4, -0.2) is 15.2 Å². The lowest BCUT2D eigenvalue weighted by molar-refractivity contribution is 0.901. The van der Waals surface area contributed by atoms with Crippen LogP contribution in [0, 0.1) is 0 Å². The molecule has 1 unspecified atom stereocenters. The minimum absolute atomic E-state index is 0.605. The van der Waals surface area contributed by atoms with Crippen molar-refractivity contribution in [1.29, 1.82) is 0 Å². The summed E-state index contributed by atoms with van der Waals surface area (Å²) in [7, 11) is 0. The second kappa shape index (κ2) is 7.26. The van der Waals surface area contributed by atoms with Gasteiger partial charge in [-0.25, -0.2) is 15.8 Å². The van der Waals surface area contributed by atoms with Gasteiger partial charge in [-0.15, -0.1) is 0 Å². The highest BCUT2D eigenvalue weighted by atomic mass is 32.2. The number of hydrazine groups is 1. The van der Waals surface area contributed by atoms with Gasteiger partial charge in [0.05, 0.1) is 11.4 Å². The van der Waals surface area contributed by atoms with E-state index in [1.165, 1.54) is 0 Å². The SMILES string of the molecule is CCC(C)SCc1nc(NN)cc(-c2ccccc2)n1. The fraction of sp³-hybridized carbons (Fsp3) is 0.333. The van der Waals surface area contributed by atoms with Crippen LogP contribution in [0.15, 0.2) is 36.4 Å². The Bertz CT molecular complexity index is 545. The quantitative estimate of drug-likeness (QED) is 0.629. The minimum Gasteiger partial charge on any atom is -0.308 e. The van der Waals surface area contributed by atoms with Gasteiger partial charge in [-0.05, 0) is 6.42 Å². The van der Waals surface area contributed by atoms with Crippen LogP contribution in [0.4, 0.5) is 5.82 Å². The van der Waals surface area contributed by atoms with E-state index in [4.69, 9.17) is 5.84 Å². The van der Waals surface area contributed by atoms with Gasteiger partial charge < -0.3 is 5.43 Å². The predicted octanol–water partition coefficient (Wildman–Crippen LogP) is 3.46. The molecule has 0 bridgehead atoms. The monoisotopic (exact) mass is 288 g/mol. The average Bonchev–Trinajstić information content (AvgIpc) is 2.53. The first kappa shape index (κ1) is 14.8. The zero-order valence-electron chi connectivity index (χ0n) is 11.8. The van der Waals surface area contributed by atoms with Crippen LogP contribution >= 0.6 is 11.8 Å². The van der Waals surface area contributed by atoms with Gasteiger partial charge >= 0.3 is 0 Å². The summed E-state index contributed by atoms with van der Waals surface area (Å²) in [5.74, 6) is 7.76. The fourth-order valence-electron chi connectivity index (χ4n) is 1.73. The maximum Gasteiger partial charge on any atom is 0.144 e. The van der Waals surface area contributed by atoms with Gasteiger partial charge in [0.1, 0.15) is 11.6 Å². The summed E-state index contributed by atoms with van der Waals surface area (Å²) in [5, 5.41) is 0.605. The molecule has 0 spiro atoms. The van der Waals surface area contributed by atoms with E-state index < -0.39 is 0 Å². The molecule has 1 atom stereocenters. The minimum atomic E-state index is 0.605. The second-order valence-corrected chi connectivity index (χ2v) is 6.02.